The summed E-state index contributed by atoms with van der Waals surface area (Å²) in [4.78, 5) is 23.4. The summed E-state index contributed by atoms with van der Waals surface area (Å²) in [6, 6.07) is 1.46. The minimum atomic E-state index is -0.419. The predicted molar refractivity (Wildman–Crippen MR) is 72.1 cm³/mol. The normalized spacial score (nSPS) is 17.6. The van der Waals surface area contributed by atoms with Gasteiger partial charge in [-0.05, 0) is 31.7 Å². The Labute approximate surface area is 117 Å². The molecular weight excluding hydrogens is 260 g/mol. The lowest BCUT2D eigenvalue weighted by Crippen LogP contribution is -2.44. The second-order valence-corrected chi connectivity index (χ2v) is 5.13. The van der Waals surface area contributed by atoms with Crippen molar-refractivity contribution < 1.29 is 18.7 Å². The molecule has 2 rings (SSSR count). The summed E-state index contributed by atoms with van der Waals surface area (Å²) in [6.45, 7) is 3.10. The van der Waals surface area contributed by atoms with Crippen molar-refractivity contribution in [2.24, 2.45) is 11.7 Å². The number of hydrogen-bond acceptors (Lipinski definition) is 4. The van der Waals surface area contributed by atoms with E-state index in [0.717, 1.165) is 18.4 Å². The van der Waals surface area contributed by atoms with Gasteiger partial charge < -0.3 is 20.2 Å². The van der Waals surface area contributed by atoms with Gasteiger partial charge in [-0.1, -0.05) is 0 Å². The zero-order valence-electron chi connectivity index (χ0n) is 11.6. The van der Waals surface area contributed by atoms with Crippen molar-refractivity contribution in [2.75, 3.05) is 13.2 Å². The number of nitrogens with one attached hydrogen (secondary N) is 1. The number of primary amides is 1. The molecular formula is C14H20N2O4. The third kappa shape index (κ3) is 3.60. The van der Waals surface area contributed by atoms with Crippen molar-refractivity contribution in [2.45, 2.75) is 32.2 Å². The second kappa shape index (κ2) is 6.56. The van der Waals surface area contributed by atoms with Crippen molar-refractivity contribution in [3.8, 4) is 0 Å². The number of hydrogen-bond donors (Lipinski definition) is 2. The maximum absolute atomic E-state index is 12.2. The molecule has 0 radical (unpaired) electrons. The number of furan rings is 1. The highest BCUT2D eigenvalue weighted by atomic mass is 16.5. The predicted octanol–water partition coefficient (Wildman–Crippen LogP) is 0.988. The Bertz CT molecular complexity index is 477. The van der Waals surface area contributed by atoms with E-state index in [-0.39, 0.29) is 30.0 Å². The molecule has 1 aromatic heterocycles. The molecule has 2 amide bonds. The number of ether oxygens (including phenoxy) is 1. The SMILES string of the molecule is Cc1ccoc1C(=O)NC(CC(N)=O)C1CCOCC1. The van der Waals surface area contributed by atoms with Gasteiger partial charge in [0.25, 0.3) is 5.91 Å². The van der Waals surface area contributed by atoms with Gasteiger partial charge in [-0.2, -0.15) is 0 Å². The van der Waals surface area contributed by atoms with E-state index < -0.39 is 5.91 Å². The highest BCUT2D eigenvalue weighted by Gasteiger charge is 2.28. The van der Waals surface area contributed by atoms with E-state index in [2.05, 4.69) is 5.32 Å². The van der Waals surface area contributed by atoms with Gasteiger partial charge in [-0.25, -0.2) is 0 Å². The molecule has 1 saturated heterocycles. The summed E-state index contributed by atoms with van der Waals surface area (Å²) in [5, 5.41) is 2.87. The highest BCUT2D eigenvalue weighted by Crippen LogP contribution is 2.21. The average Bonchev–Trinajstić information content (AvgIpc) is 2.85. The molecule has 1 fully saturated rings. The highest BCUT2D eigenvalue weighted by molar-refractivity contribution is 5.93. The topological polar surface area (TPSA) is 94.6 Å². The summed E-state index contributed by atoms with van der Waals surface area (Å²) in [7, 11) is 0. The molecule has 1 aromatic rings. The first-order valence-electron chi connectivity index (χ1n) is 6.79. The molecule has 0 bridgehead atoms. The van der Waals surface area contributed by atoms with Crippen LogP contribution in [0.3, 0.4) is 0 Å². The molecule has 0 saturated carbocycles. The molecule has 6 heteroatoms. The molecule has 3 N–H and O–H groups in total. The van der Waals surface area contributed by atoms with Crippen LogP contribution in [0.1, 0.15) is 35.4 Å². The Hall–Kier alpha value is -1.82. The number of aryl methyl sites for hydroxylation is 1. The lowest BCUT2D eigenvalue weighted by molar-refractivity contribution is -0.118. The van der Waals surface area contributed by atoms with E-state index >= 15 is 0 Å². The van der Waals surface area contributed by atoms with Crippen LogP contribution in [0.15, 0.2) is 16.7 Å². The van der Waals surface area contributed by atoms with E-state index in [1.54, 1.807) is 13.0 Å². The van der Waals surface area contributed by atoms with Crippen LogP contribution in [0.5, 0.6) is 0 Å². The van der Waals surface area contributed by atoms with Crippen molar-refractivity contribution in [1.82, 2.24) is 5.32 Å². The Kier molecular flexibility index (Phi) is 4.79. The fourth-order valence-electron chi connectivity index (χ4n) is 2.51. The van der Waals surface area contributed by atoms with Crippen LogP contribution in [0.4, 0.5) is 0 Å². The number of rotatable bonds is 5. The standard InChI is InChI=1S/C14H20N2O4/c1-9-2-7-20-13(9)14(18)16-11(8-12(15)17)10-3-5-19-6-4-10/h2,7,10-11H,3-6,8H2,1H3,(H2,15,17)(H,16,18). The molecule has 1 aliphatic rings. The zero-order valence-corrected chi connectivity index (χ0v) is 11.6. The van der Waals surface area contributed by atoms with Crippen LogP contribution >= 0.6 is 0 Å². The molecule has 0 spiro atoms. The Balaban J connectivity index is 2.05. The molecule has 0 aliphatic carbocycles. The van der Waals surface area contributed by atoms with Gasteiger partial charge >= 0.3 is 0 Å². The fourth-order valence-corrected chi connectivity index (χ4v) is 2.51. The van der Waals surface area contributed by atoms with Gasteiger partial charge in [0.2, 0.25) is 5.91 Å². The fraction of sp³-hybridized carbons (Fsp3) is 0.571. The van der Waals surface area contributed by atoms with Gasteiger partial charge in [0.1, 0.15) is 0 Å². The number of amides is 2. The van der Waals surface area contributed by atoms with Gasteiger partial charge in [-0.3, -0.25) is 9.59 Å². The quantitative estimate of drug-likeness (QED) is 0.840. The van der Waals surface area contributed by atoms with Crippen LogP contribution in [-0.2, 0) is 9.53 Å². The summed E-state index contributed by atoms with van der Waals surface area (Å²) in [6.07, 6.45) is 3.24. The number of carbonyl (C=O) groups excluding carboxylic acids is 2. The van der Waals surface area contributed by atoms with E-state index in [1.807, 2.05) is 0 Å². The smallest absolute Gasteiger partial charge is 0.287 e. The van der Waals surface area contributed by atoms with Crippen LogP contribution in [0.2, 0.25) is 0 Å². The van der Waals surface area contributed by atoms with Crippen molar-refractivity contribution in [3.63, 3.8) is 0 Å². The number of carbonyl (C=O) groups is 2. The van der Waals surface area contributed by atoms with Crippen LogP contribution in [0.25, 0.3) is 0 Å². The summed E-state index contributed by atoms with van der Waals surface area (Å²) in [5.41, 5.74) is 6.05. The first kappa shape index (κ1) is 14.6. The van der Waals surface area contributed by atoms with E-state index in [9.17, 15) is 9.59 Å². The Morgan fingerprint density at radius 3 is 2.70 bits per heavy atom. The molecule has 2 heterocycles. The average molecular weight is 280 g/mol. The molecule has 110 valence electrons. The van der Waals surface area contributed by atoms with Gasteiger partial charge in [0, 0.05) is 31.2 Å². The van der Waals surface area contributed by atoms with E-state index in [1.165, 1.54) is 6.26 Å². The minimum Gasteiger partial charge on any atom is -0.459 e. The monoisotopic (exact) mass is 280 g/mol. The zero-order chi connectivity index (χ0) is 14.5. The molecule has 1 atom stereocenters. The van der Waals surface area contributed by atoms with E-state index in [4.69, 9.17) is 14.9 Å². The first-order valence-corrected chi connectivity index (χ1v) is 6.79. The lowest BCUT2D eigenvalue weighted by atomic mass is 9.89. The van der Waals surface area contributed by atoms with Crippen LogP contribution in [-0.4, -0.2) is 31.1 Å². The summed E-state index contributed by atoms with van der Waals surface area (Å²) < 4.78 is 10.5. The second-order valence-electron chi connectivity index (χ2n) is 5.13. The van der Waals surface area contributed by atoms with E-state index in [0.29, 0.717) is 13.2 Å². The van der Waals surface area contributed by atoms with Crippen molar-refractivity contribution >= 4 is 11.8 Å². The van der Waals surface area contributed by atoms with Gasteiger partial charge in [0.15, 0.2) is 5.76 Å². The largest absolute Gasteiger partial charge is 0.459 e. The molecule has 0 aromatic carbocycles. The Morgan fingerprint density at radius 1 is 1.45 bits per heavy atom. The molecule has 1 unspecified atom stereocenters. The van der Waals surface area contributed by atoms with Crippen molar-refractivity contribution in [3.05, 3.63) is 23.7 Å². The molecule has 20 heavy (non-hydrogen) atoms. The van der Waals surface area contributed by atoms with Crippen LogP contribution < -0.4 is 11.1 Å². The van der Waals surface area contributed by atoms with Gasteiger partial charge in [-0.15, -0.1) is 0 Å². The number of nitrogens with two attached hydrogens (primary N) is 1. The van der Waals surface area contributed by atoms with Crippen molar-refractivity contribution in [1.29, 1.82) is 0 Å². The minimum absolute atomic E-state index is 0.135. The third-order valence-corrected chi connectivity index (χ3v) is 3.64. The maximum Gasteiger partial charge on any atom is 0.287 e. The van der Waals surface area contributed by atoms with Crippen LogP contribution in [0, 0.1) is 12.8 Å². The third-order valence-electron chi connectivity index (χ3n) is 3.64. The first-order chi connectivity index (χ1) is 9.58. The molecule has 1 aliphatic heterocycles. The lowest BCUT2D eigenvalue weighted by Gasteiger charge is -2.30. The van der Waals surface area contributed by atoms with Gasteiger partial charge in [0.05, 0.1) is 6.26 Å². The maximum atomic E-state index is 12.2. The summed E-state index contributed by atoms with van der Waals surface area (Å²) >= 11 is 0. The molecule has 6 nitrogen and oxygen atoms in total. The summed E-state index contributed by atoms with van der Waals surface area (Å²) in [5.74, 6) is -0.231. The Morgan fingerprint density at radius 2 is 2.15 bits per heavy atom.